The van der Waals surface area contributed by atoms with Crippen molar-refractivity contribution in [3.05, 3.63) is 51.7 Å². The zero-order valence-corrected chi connectivity index (χ0v) is 24.0. The van der Waals surface area contributed by atoms with Gasteiger partial charge in [0, 0.05) is 36.3 Å². The van der Waals surface area contributed by atoms with Gasteiger partial charge in [-0.2, -0.15) is 0 Å². The van der Waals surface area contributed by atoms with Crippen LogP contribution < -0.4 is 34.7 Å². The number of fused-ring (bicyclic) bond motifs is 2. The number of benzene rings is 2. The monoisotopic (exact) mass is 600 g/mol. The highest BCUT2D eigenvalue weighted by molar-refractivity contribution is 6.35. The number of ether oxygens (including phenoxy) is 5. The molecular formula is C29H29ClN2O10. The molecule has 3 aliphatic rings. The van der Waals surface area contributed by atoms with Gasteiger partial charge in [-0.3, -0.25) is 19.2 Å². The lowest BCUT2D eigenvalue weighted by atomic mass is 9.69. The van der Waals surface area contributed by atoms with Gasteiger partial charge < -0.3 is 39.8 Å². The zero-order valence-electron chi connectivity index (χ0n) is 23.2. The lowest BCUT2D eigenvalue weighted by Gasteiger charge is -2.38. The molecule has 13 heteroatoms. The molecule has 0 aromatic heterocycles. The summed E-state index contributed by atoms with van der Waals surface area (Å²) in [6, 6.07) is 5.26. The average Bonchev–Trinajstić information content (AvgIpc) is 3.55. The number of allylic oxidation sites excluding steroid dienone is 1. The van der Waals surface area contributed by atoms with Gasteiger partial charge in [0.25, 0.3) is 0 Å². The average molecular weight is 601 g/mol. The van der Waals surface area contributed by atoms with Crippen molar-refractivity contribution >= 4 is 35.0 Å². The number of carbonyl (C=O) groups excluding carboxylic acids is 4. The van der Waals surface area contributed by atoms with Crippen LogP contribution in [-0.4, -0.2) is 61.1 Å². The van der Waals surface area contributed by atoms with E-state index in [1.54, 1.807) is 25.1 Å². The van der Waals surface area contributed by atoms with Gasteiger partial charge in [0.1, 0.15) is 28.1 Å². The number of aliphatic hydroxyl groups is 1. The molecule has 0 radical (unpaired) electrons. The van der Waals surface area contributed by atoms with Crippen molar-refractivity contribution in [2.24, 2.45) is 11.7 Å². The van der Waals surface area contributed by atoms with Crippen LogP contribution in [0, 0.1) is 5.92 Å². The molecule has 222 valence electrons. The van der Waals surface area contributed by atoms with Gasteiger partial charge in [-0.05, 0) is 24.6 Å². The van der Waals surface area contributed by atoms with E-state index < -0.39 is 52.6 Å². The number of Topliss-reactive ketones (excluding diaryl/α,β-unsaturated/α-hetero) is 2. The topological polar surface area (TPSA) is 173 Å². The molecule has 12 nitrogen and oxygen atoms in total. The maximum absolute atomic E-state index is 14.2. The first-order chi connectivity index (χ1) is 19.9. The van der Waals surface area contributed by atoms with Crippen LogP contribution in [0.15, 0.2) is 35.6 Å². The molecule has 0 bridgehead atoms. The molecule has 2 aromatic carbocycles. The summed E-state index contributed by atoms with van der Waals surface area (Å²) in [7, 11) is 2.74. The Morgan fingerprint density at radius 2 is 1.86 bits per heavy atom. The fraction of sp³-hybridized carbons (Fsp3) is 0.379. The van der Waals surface area contributed by atoms with Gasteiger partial charge in [-0.1, -0.05) is 24.6 Å². The number of primary amides is 1. The Bertz CT molecular complexity index is 1550. The highest BCUT2D eigenvalue weighted by Crippen LogP contribution is 2.56. The Morgan fingerprint density at radius 1 is 1.17 bits per heavy atom. The van der Waals surface area contributed by atoms with Gasteiger partial charge in [0.15, 0.2) is 28.8 Å². The van der Waals surface area contributed by atoms with E-state index in [2.05, 4.69) is 5.32 Å². The van der Waals surface area contributed by atoms with Gasteiger partial charge in [0.05, 0.1) is 14.2 Å². The van der Waals surface area contributed by atoms with Crippen LogP contribution >= 0.6 is 11.6 Å². The third-order valence-electron chi connectivity index (χ3n) is 7.85. The summed E-state index contributed by atoms with van der Waals surface area (Å²) in [5, 5.41) is 14.4. The van der Waals surface area contributed by atoms with E-state index >= 15 is 0 Å². The molecular weight excluding hydrogens is 572 g/mol. The third kappa shape index (κ3) is 4.46. The van der Waals surface area contributed by atoms with Crippen LogP contribution in [0.1, 0.15) is 48.5 Å². The quantitative estimate of drug-likeness (QED) is 0.409. The van der Waals surface area contributed by atoms with E-state index in [4.69, 9.17) is 41.0 Å². The van der Waals surface area contributed by atoms with Crippen LogP contribution in [0.2, 0.25) is 5.02 Å². The number of hydrogen-bond donors (Lipinski definition) is 3. The second-order valence-corrected chi connectivity index (χ2v) is 10.7. The second-order valence-electron chi connectivity index (χ2n) is 10.3. The summed E-state index contributed by atoms with van der Waals surface area (Å²) < 4.78 is 27.8. The molecule has 1 aliphatic carbocycles. The molecule has 0 saturated heterocycles. The van der Waals surface area contributed by atoms with Gasteiger partial charge in [-0.15, -0.1) is 0 Å². The van der Waals surface area contributed by atoms with Crippen molar-refractivity contribution in [3.8, 4) is 28.7 Å². The minimum atomic E-state index is -2.04. The molecule has 2 amide bonds. The highest BCUT2D eigenvalue weighted by atomic mass is 35.5. The molecule has 4 N–H and O–H groups in total. The first-order valence-electron chi connectivity index (χ1n) is 13.1. The Balaban J connectivity index is 1.67. The number of amides is 2. The predicted molar refractivity (Wildman–Crippen MR) is 147 cm³/mol. The van der Waals surface area contributed by atoms with Crippen LogP contribution in [0.4, 0.5) is 0 Å². The summed E-state index contributed by atoms with van der Waals surface area (Å²) in [4.78, 5) is 52.5. The number of aliphatic hydroxyl groups excluding tert-OH is 1. The maximum atomic E-state index is 14.2. The standard InChI is InChI=1S/C29H29ClN2O10/c1-12-7-16(33)22(26(35)29(12)27(36)23-19(38-3)10-20(39-4)24(30)25(23)42-29)15(9-21(34)32-13(2)28(31)37)14-5-6-17-18(8-14)41-11-40-17/h5-6,8,10,12-13,15,35H,7,9,11H2,1-4H3,(H2,31,37)(H,32,34)/t12-,13+,15?,29+/m1/s1. The summed E-state index contributed by atoms with van der Waals surface area (Å²) in [5.74, 6) is -4.03. The van der Waals surface area contributed by atoms with E-state index in [0.29, 0.717) is 17.1 Å². The summed E-state index contributed by atoms with van der Waals surface area (Å²) in [6.07, 6.45) is -0.581. The van der Waals surface area contributed by atoms with Gasteiger partial charge >= 0.3 is 0 Å². The maximum Gasteiger partial charge on any atom is 0.239 e. The molecule has 4 atom stereocenters. The molecule has 42 heavy (non-hydrogen) atoms. The summed E-state index contributed by atoms with van der Waals surface area (Å²) in [5.41, 5.74) is 3.48. The van der Waals surface area contributed by atoms with Gasteiger partial charge in [0.2, 0.25) is 30.0 Å². The fourth-order valence-electron chi connectivity index (χ4n) is 5.61. The second kappa shape index (κ2) is 10.8. The smallest absolute Gasteiger partial charge is 0.239 e. The van der Waals surface area contributed by atoms with Crippen LogP contribution in [0.25, 0.3) is 0 Å². The van der Waals surface area contributed by atoms with Crippen molar-refractivity contribution in [2.45, 2.75) is 44.2 Å². The normalized spacial score (nSPS) is 22.0. The van der Waals surface area contributed by atoms with E-state index in [-0.39, 0.29) is 53.0 Å². The van der Waals surface area contributed by atoms with Crippen molar-refractivity contribution in [1.82, 2.24) is 5.32 Å². The zero-order chi connectivity index (χ0) is 30.5. The summed E-state index contributed by atoms with van der Waals surface area (Å²) >= 11 is 6.53. The lowest BCUT2D eigenvalue weighted by molar-refractivity contribution is -0.127. The van der Waals surface area contributed by atoms with Gasteiger partial charge in [-0.25, -0.2) is 0 Å². The lowest BCUT2D eigenvalue weighted by Crippen LogP contribution is -2.53. The number of rotatable bonds is 8. The number of carbonyl (C=O) groups is 4. The van der Waals surface area contributed by atoms with Crippen molar-refractivity contribution < 1.29 is 48.0 Å². The molecule has 2 aliphatic heterocycles. The molecule has 0 fully saturated rings. The number of nitrogens with one attached hydrogen (secondary N) is 1. The van der Waals surface area contributed by atoms with E-state index in [9.17, 15) is 24.3 Å². The number of nitrogens with two attached hydrogens (primary N) is 1. The number of halogens is 1. The first-order valence-corrected chi connectivity index (χ1v) is 13.5. The largest absolute Gasteiger partial charge is 0.507 e. The minimum Gasteiger partial charge on any atom is -0.507 e. The third-order valence-corrected chi connectivity index (χ3v) is 8.21. The Hall–Kier alpha value is -4.45. The number of ketones is 2. The van der Waals surface area contributed by atoms with Crippen LogP contribution in [0.3, 0.4) is 0 Å². The highest BCUT2D eigenvalue weighted by Gasteiger charge is 2.61. The molecule has 5 rings (SSSR count). The molecule has 1 unspecified atom stereocenters. The summed E-state index contributed by atoms with van der Waals surface area (Å²) in [6.45, 7) is 3.01. The Morgan fingerprint density at radius 3 is 2.52 bits per heavy atom. The van der Waals surface area contributed by atoms with E-state index in [1.165, 1.54) is 27.2 Å². The molecule has 2 heterocycles. The van der Waals surface area contributed by atoms with Crippen LogP contribution in [-0.2, 0) is 14.4 Å². The SMILES string of the molecule is COc1cc(OC)c2c(c1Cl)O[C@]1(C2=O)C(O)=C(C(CC(=O)N[C@@H](C)C(N)=O)c2ccc3c(c2)OCO3)C(=O)C[C@H]1C. The number of methoxy groups -OCH3 is 2. The van der Waals surface area contributed by atoms with Crippen molar-refractivity contribution in [1.29, 1.82) is 0 Å². The van der Waals surface area contributed by atoms with Crippen LogP contribution in [0.5, 0.6) is 28.7 Å². The molecule has 1 spiro atoms. The van der Waals surface area contributed by atoms with E-state index in [1.807, 2.05) is 0 Å². The van der Waals surface area contributed by atoms with Crippen molar-refractivity contribution in [2.75, 3.05) is 21.0 Å². The Labute approximate surface area is 245 Å². The molecule has 2 aromatic rings. The molecule has 0 saturated carbocycles. The first kappa shape index (κ1) is 29.1. The fourth-order valence-corrected chi connectivity index (χ4v) is 5.88. The minimum absolute atomic E-state index is 0.0101. The predicted octanol–water partition coefficient (Wildman–Crippen LogP) is 2.98. The number of hydrogen-bond acceptors (Lipinski definition) is 10. The van der Waals surface area contributed by atoms with Crippen molar-refractivity contribution in [3.63, 3.8) is 0 Å². The Kier molecular flexibility index (Phi) is 7.44. The van der Waals surface area contributed by atoms with E-state index in [0.717, 1.165) is 0 Å².